The molecule has 18 heavy (non-hydrogen) atoms. The Kier molecular flexibility index (Phi) is 5.66. The van der Waals surface area contributed by atoms with E-state index in [1.807, 2.05) is 0 Å². The molecule has 0 aliphatic carbocycles. The molecule has 0 fully saturated rings. The third kappa shape index (κ3) is 5.08. The summed E-state index contributed by atoms with van der Waals surface area (Å²) >= 11 is 5.72. The number of halogens is 1. The van der Waals surface area contributed by atoms with Crippen LogP contribution in [0.3, 0.4) is 0 Å². The fourth-order valence-electron chi connectivity index (χ4n) is 1.19. The minimum absolute atomic E-state index is 0.247. The molecule has 0 saturated heterocycles. The minimum atomic E-state index is -3.63. The number of carbonyl (C=O) groups is 1. The van der Waals surface area contributed by atoms with Crippen LogP contribution in [0, 0.1) is 0 Å². The molecule has 0 radical (unpaired) electrons. The van der Waals surface area contributed by atoms with Crippen molar-refractivity contribution in [2.75, 3.05) is 6.61 Å². The van der Waals surface area contributed by atoms with Crippen molar-refractivity contribution in [2.45, 2.75) is 19.9 Å². The van der Waals surface area contributed by atoms with Crippen LogP contribution in [0.5, 0.6) is 5.75 Å². The SMILES string of the molecule is CCOC(=O)[C@@H](C)NP(=O)(Cl)Oc1ccccc1. The van der Waals surface area contributed by atoms with Gasteiger partial charge in [0.05, 0.1) is 6.61 Å². The Morgan fingerprint density at radius 2 is 2.06 bits per heavy atom. The summed E-state index contributed by atoms with van der Waals surface area (Å²) in [5, 5.41) is 2.41. The van der Waals surface area contributed by atoms with Crippen LogP contribution in [0.1, 0.15) is 13.8 Å². The summed E-state index contributed by atoms with van der Waals surface area (Å²) in [5.41, 5.74) is 0. The van der Waals surface area contributed by atoms with Crippen LogP contribution in [-0.2, 0) is 14.1 Å². The topological polar surface area (TPSA) is 64.6 Å². The highest BCUT2D eigenvalue weighted by molar-refractivity contribution is 7.84. The summed E-state index contributed by atoms with van der Waals surface area (Å²) in [4.78, 5) is 11.4. The van der Waals surface area contributed by atoms with E-state index in [-0.39, 0.29) is 6.61 Å². The third-order valence-electron chi connectivity index (χ3n) is 1.95. The Balaban J connectivity index is 2.59. The Hall–Kier alpha value is -1.03. The highest BCUT2D eigenvalue weighted by atomic mass is 35.7. The van der Waals surface area contributed by atoms with E-state index in [0.717, 1.165) is 0 Å². The molecule has 1 rings (SSSR count). The molecule has 7 heteroatoms. The fourth-order valence-corrected chi connectivity index (χ4v) is 2.89. The lowest BCUT2D eigenvalue weighted by Crippen LogP contribution is -2.33. The van der Waals surface area contributed by atoms with E-state index in [2.05, 4.69) is 5.09 Å². The van der Waals surface area contributed by atoms with Gasteiger partial charge in [-0.3, -0.25) is 4.79 Å². The van der Waals surface area contributed by atoms with Crippen LogP contribution in [0.4, 0.5) is 0 Å². The quantitative estimate of drug-likeness (QED) is 0.645. The van der Waals surface area contributed by atoms with Gasteiger partial charge in [-0.2, -0.15) is 0 Å². The van der Waals surface area contributed by atoms with E-state index in [0.29, 0.717) is 5.75 Å². The normalized spacial score (nSPS) is 15.5. The molecule has 1 N–H and O–H groups in total. The van der Waals surface area contributed by atoms with Gasteiger partial charge in [-0.25, -0.2) is 9.65 Å². The smallest absolute Gasteiger partial charge is 0.409 e. The van der Waals surface area contributed by atoms with Crippen molar-refractivity contribution in [3.8, 4) is 5.75 Å². The molecular formula is C11H15ClNO4P. The average Bonchev–Trinajstić information content (AvgIpc) is 2.29. The maximum atomic E-state index is 11.9. The summed E-state index contributed by atoms with van der Waals surface area (Å²) in [6.07, 6.45) is 0. The second-order valence-corrected chi connectivity index (χ2v) is 6.22. The van der Waals surface area contributed by atoms with Gasteiger partial charge < -0.3 is 9.26 Å². The van der Waals surface area contributed by atoms with Crippen molar-refractivity contribution in [1.29, 1.82) is 0 Å². The van der Waals surface area contributed by atoms with Gasteiger partial charge in [0.25, 0.3) is 0 Å². The molecule has 1 unspecified atom stereocenters. The lowest BCUT2D eigenvalue weighted by atomic mass is 10.3. The molecule has 0 heterocycles. The van der Waals surface area contributed by atoms with E-state index < -0.39 is 18.9 Å². The molecule has 0 aliphatic heterocycles. The molecule has 0 saturated carbocycles. The first-order valence-corrected chi connectivity index (χ1v) is 7.96. The average molecular weight is 292 g/mol. The van der Waals surface area contributed by atoms with Gasteiger partial charge in [0.1, 0.15) is 11.8 Å². The first-order valence-electron chi connectivity index (χ1n) is 5.43. The molecule has 2 atom stereocenters. The maximum Gasteiger partial charge on any atom is 0.409 e. The summed E-state index contributed by atoms with van der Waals surface area (Å²) in [6, 6.07) is 7.66. The van der Waals surface area contributed by atoms with Crippen molar-refractivity contribution in [3.05, 3.63) is 30.3 Å². The van der Waals surface area contributed by atoms with Gasteiger partial charge in [-0.15, -0.1) is 0 Å². The van der Waals surface area contributed by atoms with Gasteiger partial charge >= 0.3 is 12.8 Å². The number of rotatable bonds is 6. The molecule has 0 spiro atoms. The monoisotopic (exact) mass is 291 g/mol. The zero-order valence-electron chi connectivity index (χ0n) is 10.1. The number of carbonyl (C=O) groups excluding carboxylic acids is 1. The Morgan fingerprint density at radius 1 is 1.44 bits per heavy atom. The molecular weight excluding hydrogens is 277 g/mol. The summed E-state index contributed by atoms with van der Waals surface area (Å²) in [6.45, 7) is -0.192. The van der Waals surface area contributed by atoms with Crippen molar-refractivity contribution in [3.63, 3.8) is 0 Å². The standard InChI is InChI=1S/C11H15ClNO4P/c1-3-16-11(14)9(2)13-18(12,15)17-10-7-5-4-6-8-10/h4-9H,3H2,1-2H3,(H,13,15)/t9-,18?/m1/s1. The fraction of sp³-hybridized carbons (Fsp3) is 0.364. The van der Waals surface area contributed by atoms with Crippen LogP contribution in [-0.4, -0.2) is 18.6 Å². The number of esters is 1. The number of benzene rings is 1. The predicted molar refractivity (Wildman–Crippen MR) is 69.8 cm³/mol. The van der Waals surface area contributed by atoms with Crippen molar-refractivity contribution >= 4 is 24.1 Å². The van der Waals surface area contributed by atoms with E-state index in [1.165, 1.54) is 6.92 Å². The number of nitrogens with one attached hydrogen (secondary N) is 1. The van der Waals surface area contributed by atoms with Crippen molar-refractivity contribution in [1.82, 2.24) is 5.09 Å². The molecule has 0 bridgehead atoms. The summed E-state index contributed by atoms with van der Waals surface area (Å²) < 4.78 is 21.8. The number of hydrogen-bond acceptors (Lipinski definition) is 4. The van der Waals surface area contributed by atoms with Crippen LogP contribution in [0.2, 0.25) is 0 Å². The Labute approximate surface area is 111 Å². The summed E-state index contributed by atoms with van der Waals surface area (Å²) in [7, 11) is 0. The van der Waals surface area contributed by atoms with Crippen molar-refractivity contribution in [2.24, 2.45) is 0 Å². The largest absolute Gasteiger partial charge is 0.465 e. The first kappa shape index (κ1) is 15.0. The Morgan fingerprint density at radius 3 is 2.61 bits per heavy atom. The third-order valence-corrected chi connectivity index (χ3v) is 3.60. The lowest BCUT2D eigenvalue weighted by molar-refractivity contribution is -0.144. The summed E-state index contributed by atoms with van der Waals surface area (Å²) in [5.74, 6) is -0.172. The van der Waals surface area contributed by atoms with Crippen molar-refractivity contribution < 1.29 is 18.6 Å². The predicted octanol–water partition coefficient (Wildman–Crippen LogP) is 2.95. The molecule has 0 aliphatic rings. The van der Waals surface area contributed by atoms with E-state index >= 15 is 0 Å². The highest BCUT2D eigenvalue weighted by Crippen LogP contribution is 2.48. The van der Waals surface area contributed by atoms with Crippen LogP contribution >= 0.6 is 18.1 Å². The number of para-hydroxylation sites is 1. The second kappa shape index (κ2) is 6.78. The second-order valence-electron chi connectivity index (χ2n) is 3.49. The molecule has 5 nitrogen and oxygen atoms in total. The Bertz CT molecular complexity index is 440. The molecule has 0 aromatic heterocycles. The van der Waals surface area contributed by atoms with Gasteiger partial charge in [0.15, 0.2) is 0 Å². The number of ether oxygens (including phenoxy) is 1. The van der Waals surface area contributed by atoms with Gasteiger partial charge in [-0.05, 0) is 26.0 Å². The highest BCUT2D eigenvalue weighted by Gasteiger charge is 2.27. The van der Waals surface area contributed by atoms with Gasteiger partial charge in [-0.1, -0.05) is 18.2 Å². The van der Waals surface area contributed by atoms with Crippen LogP contribution in [0.25, 0.3) is 0 Å². The van der Waals surface area contributed by atoms with Gasteiger partial charge in [0.2, 0.25) is 0 Å². The molecule has 1 aromatic carbocycles. The van der Waals surface area contributed by atoms with E-state index in [4.69, 9.17) is 20.5 Å². The first-order chi connectivity index (χ1) is 8.44. The lowest BCUT2D eigenvalue weighted by Gasteiger charge is -2.17. The molecule has 1 aromatic rings. The van der Waals surface area contributed by atoms with E-state index in [9.17, 15) is 9.36 Å². The van der Waals surface area contributed by atoms with Crippen LogP contribution < -0.4 is 9.61 Å². The molecule has 100 valence electrons. The molecule has 0 amide bonds. The van der Waals surface area contributed by atoms with Crippen LogP contribution in [0.15, 0.2) is 30.3 Å². The zero-order valence-corrected chi connectivity index (χ0v) is 11.8. The van der Waals surface area contributed by atoms with E-state index in [1.54, 1.807) is 37.3 Å². The minimum Gasteiger partial charge on any atom is -0.465 e. The maximum absolute atomic E-state index is 11.9. The number of hydrogen-bond donors (Lipinski definition) is 1. The van der Waals surface area contributed by atoms with Gasteiger partial charge in [0, 0.05) is 11.2 Å². The zero-order chi connectivity index (χ0) is 13.6.